The van der Waals surface area contributed by atoms with Crippen LogP contribution in [0.4, 0.5) is 11.4 Å². The molecule has 0 radical (unpaired) electrons. The van der Waals surface area contributed by atoms with E-state index in [1.54, 1.807) is 12.1 Å². The minimum Gasteiger partial charge on any atom is -0.379 e. The Bertz CT molecular complexity index is 939. The molecule has 0 saturated carbocycles. The van der Waals surface area contributed by atoms with Gasteiger partial charge in [0, 0.05) is 30.3 Å². The van der Waals surface area contributed by atoms with Crippen molar-refractivity contribution in [3.8, 4) is 0 Å². The Kier molecular flexibility index (Phi) is 6.85. The maximum Gasteiger partial charge on any atom is 0.224 e. The highest BCUT2D eigenvalue weighted by atomic mass is 35.5. The fraction of sp³-hybridized carbons (Fsp3) is 0.182. The number of rotatable bonds is 8. The lowest BCUT2D eigenvalue weighted by Crippen LogP contribution is -2.13. The monoisotopic (exact) mass is 412 g/mol. The van der Waals surface area contributed by atoms with Crippen molar-refractivity contribution in [3.05, 3.63) is 81.5 Å². The van der Waals surface area contributed by atoms with E-state index in [0.29, 0.717) is 14.9 Å². The van der Waals surface area contributed by atoms with Gasteiger partial charge < -0.3 is 10.6 Å². The zero-order chi connectivity index (χ0) is 19.9. The van der Waals surface area contributed by atoms with Crippen molar-refractivity contribution >= 4 is 46.0 Å². The minimum absolute atomic E-state index is 0.0681. The Morgan fingerprint density at radius 1 is 0.929 bits per heavy atom. The third-order valence-electron chi connectivity index (χ3n) is 4.28. The summed E-state index contributed by atoms with van der Waals surface area (Å²) in [5.41, 5.74) is 2.88. The number of hydrogen-bond acceptors (Lipinski definition) is 4. The van der Waals surface area contributed by atoms with Crippen molar-refractivity contribution in [2.24, 2.45) is 0 Å². The first kappa shape index (κ1) is 20.1. The average molecular weight is 413 g/mol. The Morgan fingerprint density at radius 3 is 2.25 bits per heavy atom. The maximum absolute atomic E-state index is 12.1. The number of thiophene rings is 1. The van der Waals surface area contributed by atoms with Crippen molar-refractivity contribution in [1.82, 2.24) is 0 Å². The van der Waals surface area contributed by atoms with Gasteiger partial charge in [0.25, 0.3) is 0 Å². The third-order valence-corrected chi connectivity index (χ3v) is 5.55. The van der Waals surface area contributed by atoms with Gasteiger partial charge in [-0.15, -0.1) is 11.3 Å². The molecule has 3 rings (SSSR count). The van der Waals surface area contributed by atoms with Crippen LogP contribution in [0.15, 0.2) is 66.7 Å². The number of Topliss-reactive ketones (excluding diaryl/α,β-unsaturated/α-hetero) is 1. The highest BCUT2D eigenvalue weighted by Crippen LogP contribution is 2.23. The molecule has 0 saturated heterocycles. The Hall–Kier alpha value is -2.63. The van der Waals surface area contributed by atoms with E-state index in [4.69, 9.17) is 11.6 Å². The summed E-state index contributed by atoms with van der Waals surface area (Å²) in [6.45, 7) is 2.10. The molecule has 0 aliphatic rings. The Morgan fingerprint density at radius 2 is 1.61 bits per heavy atom. The first-order valence-electron chi connectivity index (χ1n) is 9.01. The van der Waals surface area contributed by atoms with E-state index < -0.39 is 0 Å². The van der Waals surface area contributed by atoms with Crippen LogP contribution in [0.1, 0.15) is 41.0 Å². The van der Waals surface area contributed by atoms with Gasteiger partial charge in [-0.1, -0.05) is 41.9 Å². The van der Waals surface area contributed by atoms with Crippen LogP contribution in [0.25, 0.3) is 0 Å². The number of nitrogens with one attached hydrogen (secondary N) is 2. The summed E-state index contributed by atoms with van der Waals surface area (Å²) in [6.07, 6.45) is 0.302. The van der Waals surface area contributed by atoms with Crippen LogP contribution >= 0.6 is 22.9 Å². The molecule has 6 heteroatoms. The molecule has 1 aromatic heterocycles. The molecular formula is C22H21ClN2O2S. The van der Waals surface area contributed by atoms with Crippen LogP contribution < -0.4 is 10.6 Å². The SMILES string of the molecule is CC(Nc1ccc(NC(=O)CCC(=O)c2ccc(Cl)s2)cc1)c1ccccc1. The van der Waals surface area contributed by atoms with Gasteiger partial charge in [-0.05, 0) is 48.9 Å². The summed E-state index contributed by atoms with van der Waals surface area (Å²) < 4.78 is 0.572. The van der Waals surface area contributed by atoms with E-state index in [9.17, 15) is 9.59 Å². The van der Waals surface area contributed by atoms with Crippen LogP contribution in [0, 0.1) is 0 Å². The van der Waals surface area contributed by atoms with Crippen molar-refractivity contribution in [3.63, 3.8) is 0 Å². The maximum atomic E-state index is 12.1. The quantitative estimate of drug-likeness (QED) is 0.434. The summed E-state index contributed by atoms with van der Waals surface area (Å²) in [5.74, 6) is -0.254. The van der Waals surface area contributed by atoms with Crippen molar-refractivity contribution in [2.75, 3.05) is 10.6 Å². The number of ketones is 1. The van der Waals surface area contributed by atoms with E-state index in [-0.39, 0.29) is 30.6 Å². The highest BCUT2D eigenvalue weighted by molar-refractivity contribution is 7.18. The average Bonchev–Trinajstić information content (AvgIpc) is 3.15. The molecule has 3 aromatic rings. The van der Waals surface area contributed by atoms with Gasteiger partial charge in [0.15, 0.2) is 5.78 Å². The van der Waals surface area contributed by atoms with E-state index in [1.807, 2.05) is 42.5 Å². The summed E-state index contributed by atoms with van der Waals surface area (Å²) >= 11 is 7.07. The first-order chi connectivity index (χ1) is 13.5. The lowest BCUT2D eigenvalue weighted by atomic mass is 10.1. The summed E-state index contributed by atoms with van der Waals surface area (Å²) in [4.78, 5) is 24.7. The molecule has 144 valence electrons. The van der Waals surface area contributed by atoms with Gasteiger partial charge in [-0.2, -0.15) is 0 Å². The topological polar surface area (TPSA) is 58.2 Å². The Balaban J connectivity index is 1.48. The second-order valence-electron chi connectivity index (χ2n) is 6.43. The van der Waals surface area contributed by atoms with Crippen LogP contribution in [0.3, 0.4) is 0 Å². The van der Waals surface area contributed by atoms with Crippen molar-refractivity contribution < 1.29 is 9.59 Å². The molecule has 2 N–H and O–H groups in total. The molecular weight excluding hydrogens is 392 g/mol. The molecule has 1 atom stereocenters. The molecule has 1 heterocycles. The van der Waals surface area contributed by atoms with Gasteiger partial charge >= 0.3 is 0 Å². The number of halogens is 1. The molecule has 2 aromatic carbocycles. The van der Waals surface area contributed by atoms with Crippen molar-refractivity contribution in [2.45, 2.75) is 25.8 Å². The summed E-state index contributed by atoms with van der Waals surface area (Å²) in [7, 11) is 0. The summed E-state index contributed by atoms with van der Waals surface area (Å²) in [5, 5.41) is 6.26. The van der Waals surface area contributed by atoms with Crippen LogP contribution in [0.5, 0.6) is 0 Å². The molecule has 0 aliphatic carbocycles. The molecule has 0 aliphatic heterocycles. The molecule has 0 spiro atoms. The van der Waals surface area contributed by atoms with Crippen LogP contribution in [-0.2, 0) is 4.79 Å². The second kappa shape index (κ2) is 9.53. The first-order valence-corrected chi connectivity index (χ1v) is 10.2. The molecule has 1 unspecified atom stereocenters. The van der Waals surface area contributed by atoms with Gasteiger partial charge in [0.2, 0.25) is 5.91 Å². The highest BCUT2D eigenvalue weighted by Gasteiger charge is 2.12. The third kappa shape index (κ3) is 5.68. The van der Waals surface area contributed by atoms with Crippen LogP contribution in [-0.4, -0.2) is 11.7 Å². The molecule has 0 fully saturated rings. The molecule has 1 amide bonds. The molecule has 28 heavy (non-hydrogen) atoms. The van der Waals surface area contributed by atoms with Gasteiger partial charge in [0.1, 0.15) is 0 Å². The number of hydrogen-bond donors (Lipinski definition) is 2. The zero-order valence-corrected chi connectivity index (χ0v) is 17.0. The van der Waals surface area contributed by atoms with E-state index in [0.717, 1.165) is 5.69 Å². The standard InChI is InChI=1S/C22H21ClN2O2S/c1-15(16-5-3-2-4-6-16)24-17-7-9-18(10-8-17)25-22(27)14-11-19(26)20-12-13-21(23)28-20/h2-10,12-13,15,24H,11,14H2,1H3,(H,25,27). The predicted molar refractivity (Wildman–Crippen MR) is 116 cm³/mol. The van der Waals surface area contributed by atoms with Crippen LogP contribution in [0.2, 0.25) is 4.34 Å². The summed E-state index contributed by atoms with van der Waals surface area (Å²) in [6, 6.07) is 21.3. The lowest BCUT2D eigenvalue weighted by Gasteiger charge is -2.16. The number of carbonyl (C=O) groups is 2. The fourth-order valence-corrected chi connectivity index (χ4v) is 3.77. The van der Waals surface area contributed by atoms with E-state index in [1.165, 1.54) is 16.9 Å². The molecule has 0 bridgehead atoms. The molecule has 4 nitrogen and oxygen atoms in total. The second-order valence-corrected chi connectivity index (χ2v) is 8.14. The lowest BCUT2D eigenvalue weighted by molar-refractivity contribution is -0.116. The van der Waals surface area contributed by atoms with E-state index in [2.05, 4.69) is 29.7 Å². The number of benzene rings is 2. The Labute approximate surface area is 173 Å². The fourth-order valence-electron chi connectivity index (χ4n) is 2.76. The predicted octanol–water partition coefficient (Wildman–Crippen LogP) is 6.18. The minimum atomic E-state index is -0.186. The van der Waals surface area contributed by atoms with Gasteiger partial charge in [-0.3, -0.25) is 9.59 Å². The van der Waals surface area contributed by atoms with Gasteiger partial charge in [0.05, 0.1) is 9.21 Å². The largest absolute Gasteiger partial charge is 0.379 e. The number of anilines is 2. The van der Waals surface area contributed by atoms with E-state index >= 15 is 0 Å². The number of amides is 1. The number of carbonyl (C=O) groups excluding carboxylic acids is 2. The zero-order valence-electron chi connectivity index (χ0n) is 15.4. The normalized spacial score (nSPS) is 11.6. The van der Waals surface area contributed by atoms with Crippen molar-refractivity contribution in [1.29, 1.82) is 0 Å². The smallest absolute Gasteiger partial charge is 0.224 e. The van der Waals surface area contributed by atoms with Gasteiger partial charge in [-0.25, -0.2) is 0 Å².